The van der Waals surface area contributed by atoms with E-state index in [0.29, 0.717) is 24.4 Å². The van der Waals surface area contributed by atoms with Crippen LogP contribution in [0.2, 0.25) is 36.3 Å². The number of nitrogens with two attached hydrogens (primary N) is 1. The second kappa shape index (κ2) is 8.07. The third kappa shape index (κ3) is 4.73. The van der Waals surface area contributed by atoms with Gasteiger partial charge in [0.05, 0.1) is 6.33 Å². The van der Waals surface area contributed by atoms with Crippen LogP contribution in [0, 0.1) is 11.8 Å². The molecule has 2 aromatic heterocycles. The summed E-state index contributed by atoms with van der Waals surface area (Å²) in [7, 11) is -3.76. The molecule has 180 valence electrons. The minimum absolute atomic E-state index is 0.105. The Morgan fingerprint density at radius 2 is 1.47 bits per heavy atom. The van der Waals surface area contributed by atoms with Crippen LogP contribution in [0.3, 0.4) is 0 Å². The van der Waals surface area contributed by atoms with Crippen molar-refractivity contribution in [1.29, 1.82) is 0 Å². The molecular formula is C22H41N5O3Si2. The van der Waals surface area contributed by atoms with Crippen molar-refractivity contribution in [2.24, 2.45) is 11.8 Å². The van der Waals surface area contributed by atoms with Gasteiger partial charge in [0.1, 0.15) is 0 Å². The Morgan fingerprint density at radius 3 is 1.91 bits per heavy atom. The Bertz CT molecular complexity index is 997. The monoisotopic (exact) mass is 479 g/mol. The molecule has 0 aromatic carbocycles. The quantitative estimate of drug-likeness (QED) is 0.565. The molecule has 1 aliphatic rings. The van der Waals surface area contributed by atoms with Gasteiger partial charge in [-0.25, -0.2) is 4.98 Å². The van der Waals surface area contributed by atoms with Crippen molar-refractivity contribution in [3.63, 3.8) is 0 Å². The summed E-state index contributed by atoms with van der Waals surface area (Å²) >= 11 is 0. The molecule has 0 bridgehead atoms. The second-order valence-corrected chi connectivity index (χ2v) is 21.9. The zero-order valence-corrected chi connectivity index (χ0v) is 23.4. The minimum atomic E-state index is -1.88. The maximum atomic E-state index is 12.3. The standard InChI is InChI=1S/C22H41N5O3Si2/c1-21(2,3)31(7,8)29-11-14-15(12-30-32(9,10)22(4,5)6)17(14)27-13-24-16-18(27)25-20(23)26-19(16)28/h13-15,17H,11-12H2,1-10H3,(H3,23,25,26,28). The first kappa shape index (κ1) is 25.1. The molecule has 2 atom stereocenters. The highest BCUT2D eigenvalue weighted by Crippen LogP contribution is 2.53. The predicted molar refractivity (Wildman–Crippen MR) is 135 cm³/mol. The molecule has 3 N–H and O–H groups in total. The van der Waals surface area contributed by atoms with E-state index in [4.69, 9.17) is 14.6 Å². The number of fused-ring (bicyclic) bond motifs is 1. The highest BCUT2D eigenvalue weighted by atomic mass is 28.4. The summed E-state index contributed by atoms with van der Waals surface area (Å²) in [5.41, 5.74) is 6.36. The molecule has 0 radical (unpaired) electrons. The smallest absolute Gasteiger partial charge is 0.280 e. The molecule has 1 aliphatic carbocycles. The largest absolute Gasteiger partial charge is 0.416 e. The van der Waals surface area contributed by atoms with E-state index in [1.54, 1.807) is 6.33 Å². The van der Waals surface area contributed by atoms with Crippen LogP contribution in [0.5, 0.6) is 0 Å². The molecule has 0 spiro atoms. The third-order valence-corrected chi connectivity index (χ3v) is 16.9. The van der Waals surface area contributed by atoms with Gasteiger partial charge in [0.15, 0.2) is 27.8 Å². The molecule has 1 fully saturated rings. The number of aromatic nitrogens is 4. The van der Waals surface area contributed by atoms with Gasteiger partial charge in [-0.3, -0.25) is 9.78 Å². The molecule has 2 aromatic rings. The first-order valence-corrected chi connectivity index (χ1v) is 17.3. The Balaban J connectivity index is 1.87. The molecule has 0 saturated heterocycles. The SMILES string of the molecule is CC(C)(C)[Si](C)(C)OCC1C(CO[Si](C)(C)C(C)(C)C)C1n1cnc2c(=O)[nH]c(N)nc21. The fourth-order valence-corrected chi connectivity index (χ4v) is 5.57. The van der Waals surface area contributed by atoms with Crippen molar-refractivity contribution in [3.05, 3.63) is 16.7 Å². The van der Waals surface area contributed by atoms with Gasteiger partial charge >= 0.3 is 0 Å². The van der Waals surface area contributed by atoms with Crippen LogP contribution in [0.1, 0.15) is 47.6 Å². The van der Waals surface area contributed by atoms with Crippen molar-refractivity contribution < 1.29 is 8.85 Å². The van der Waals surface area contributed by atoms with Gasteiger partial charge in [-0.15, -0.1) is 0 Å². The lowest BCUT2D eigenvalue weighted by Gasteiger charge is -2.36. The number of nitrogen functional groups attached to an aromatic ring is 1. The van der Waals surface area contributed by atoms with Crippen molar-refractivity contribution >= 4 is 33.7 Å². The lowest BCUT2D eigenvalue weighted by molar-refractivity contribution is 0.233. The minimum Gasteiger partial charge on any atom is -0.416 e. The molecule has 0 aliphatic heterocycles. The summed E-state index contributed by atoms with van der Waals surface area (Å²) in [6.07, 6.45) is 1.71. The Kier molecular flexibility index (Phi) is 6.34. The maximum absolute atomic E-state index is 12.3. The molecule has 0 amide bonds. The van der Waals surface area contributed by atoms with Gasteiger partial charge in [0.2, 0.25) is 5.95 Å². The maximum Gasteiger partial charge on any atom is 0.280 e. The molecule has 1 saturated carbocycles. The van der Waals surface area contributed by atoms with Crippen LogP contribution in [0.25, 0.3) is 11.2 Å². The topological polar surface area (TPSA) is 108 Å². The number of hydrogen-bond acceptors (Lipinski definition) is 6. The Hall–Kier alpha value is -1.50. The van der Waals surface area contributed by atoms with Crippen LogP contribution in [-0.2, 0) is 8.85 Å². The van der Waals surface area contributed by atoms with Crippen LogP contribution >= 0.6 is 0 Å². The first-order chi connectivity index (χ1) is 14.5. The predicted octanol–water partition coefficient (Wildman–Crippen LogP) is 4.53. The number of imidazole rings is 1. The molecule has 8 nitrogen and oxygen atoms in total. The Labute approximate surface area is 193 Å². The van der Waals surface area contributed by atoms with Crippen LogP contribution in [-0.4, -0.2) is 49.4 Å². The molecule has 3 rings (SSSR count). The normalized spacial score (nSPS) is 22.5. The van der Waals surface area contributed by atoms with Gasteiger partial charge in [-0.05, 0) is 36.3 Å². The molecule has 2 heterocycles. The van der Waals surface area contributed by atoms with Gasteiger partial charge in [0, 0.05) is 31.1 Å². The zero-order valence-electron chi connectivity index (χ0n) is 21.4. The lowest BCUT2D eigenvalue weighted by Crippen LogP contribution is -2.42. The summed E-state index contributed by atoms with van der Waals surface area (Å²) in [6.45, 7) is 24.0. The van der Waals surface area contributed by atoms with Crippen LogP contribution in [0.4, 0.5) is 5.95 Å². The van der Waals surface area contributed by atoms with Gasteiger partial charge in [-0.2, -0.15) is 4.98 Å². The van der Waals surface area contributed by atoms with E-state index in [1.165, 1.54) is 0 Å². The number of hydrogen-bond donors (Lipinski definition) is 2. The Morgan fingerprint density at radius 1 is 1.00 bits per heavy atom. The van der Waals surface area contributed by atoms with E-state index in [1.807, 2.05) is 4.57 Å². The summed E-state index contributed by atoms with van der Waals surface area (Å²) in [6, 6.07) is 0.128. The van der Waals surface area contributed by atoms with E-state index in [-0.39, 0.29) is 39.5 Å². The number of nitrogens with zero attached hydrogens (tertiary/aromatic N) is 3. The van der Waals surface area contributed by atoms with E-state index < -0.39 is 16.6 Å². The summed E-state index contributed by atoms with van der Waals surface area (Å²) < 4.78 is 15.2. The summed E-state index contributed by atoms with van der Waals surface area (Å²) in [5, 5.41) is 0.297. The molecular weight excluding hydrogens is 438 g/mol. The van der Waals surface area contributed by atoms with Gasteiger partial charge in [0.25, 0.3) is 5.56 Å². The average Bonchev–Trinajstić information content (AvgIpc) is 3.14. The molecule has 10 heteroatoms. The second-order valence-electron chi connectivity index (χ2n) is 12.2. The lowest BCUT2D eigenvalue weighted by atomic mass is 10.2. The zero-order chi connectivity index (χ0) is 24.3. The number of aromatic amines is 1. The van der Waals surface area contributed by atoms with Crippen LogP contribution in [0.15, 0.2) is 11.1 Å². The highest BCUT2D eigenvalue weighted by Gasteiger charge is 2.54. The van der Waals surface area contributed by atoms with E-state index >= 15 is 0 Å². The number of nitrogens with one attached hydrogen (secondary N) is 1. The first-order valence-electron chi connectivity index (χ1n) is 11.5. The summed E-state index contributed by atoms with van der Waals surface area (Å²) in [4.78, 5) is 23.5. The van der Waals surface area contributed by atoms with Crippen molar-refractivity contribution in [2.45, 2.75) is 83.8 Å². The van der Waals surface area contributed by atoms with Crippen LogP contribution < -0.4 is 11.3 Å². The number of H-pyrrole nitrogens is 1. The average molecular weight is 480 g/mol. The van der Waals surface area contributed by atoms with Gasteiger partial charge < -0.3 is 19.2 Å². The fourth-order valence-electron chi connectivity index (χ4n) is 3.49. The van der Waals surface area contributed by atoms with Crippen molar-refractivity contribution in [2.75, 3.05) is 18.9 Å². The number of anilines is 1. The van der Waals surface area contributed by atoms with E-state index in [2.05, 4.69) is 82.7 Å². The fraction of sp³-hybridized carbons (Fsp3) is 0.773. The van der Waals surface area contributed by atoms with E-state index in [0.717, 1.165) is 0 Å². The molecule has 2 unspecified atom stereocenters. The highest BCUT2D eigenvalue weighted by molar-refractivity contribution is 6.74. The van der Waals surface area contributed by atoms with Crippen molar-refractivity contribution in [3.8, 4) is 0 Å². The third-order valence-electron chi connectivity index (χ3n) is 7.94. The van der Waals surface area contributed by atoms with E-state index in [9.17, 15) is 4.79 Å². The van der Waals surface area contributed by atoms with Gasteiger partial charge in [-0.1, -0.05) is 41.5 Å². The summed E-state index contributed by atoms with van der Waals surface area (Å²) in [5.74, 6) is 0.676. The van der Waals surface area contributed by atoms with Crippen molar-refractivity contribution in [1.82, 2.24) is 19.5 Å². The molecule has 32 heavy (non-hydrogen) atoms. The number of rotatable bonds is 7.